The van der Waals surface area contributed by atoms with Crippen molar-refractivity contribution >= 4 is 40.7 Å². The van der Waals surface area contributed by atoms with Crippen LogP contribution in [0.4, 0.5) is 0 Å². The molecule has 0 spiro atoms. The summed E-state index contributed by atoms with van der Waals surface area (Å²) in [5, 5.41) is 24.0. The van der Waals surface area contributed by atoms with Crippen molar-refractivity contribution in [2.45, 2.75) is 25.9 Å². The smallest absolute Gasteiger partial charge is 0.191 e. The largest absolute Gasteiger partial charge is 0.383 e. The Morgan fingerprint density at radius 3 is 2.66 bits per heavy atom. The molecular formula is C22H30IN5O. The van der Waals surface area contributed by atoms with Gasteiger partial charge in [-0.25, -0.2) is 4.99 Å². The second-order valence-corrected chi connectivity index (χ2v) is 7.19. The first kappa shape index (κ1) is 23.2. The molecule has 0 fully saturated rings. The molecule has 0 bridgehead atoms. The van der Waals surface area contributed by atoms with Crippen molar-refractivity contribution in [3.63, 3.8) is 0 Å². The lowest BCUT2D eigenvalue weighted by atomic mass is 10.0. The summed E-state index contributed by atoms with van der Waals surface area (Å²) in [6.07, 6.45) is 4.39. The lowest BCUT2D eigenvalue weighted by Crippen LogP contribution is -2.39. The van der Waals surface area contributed by atoms with E-state index in [-0.39, 0.29) is 30.5 Å². The van der Waals surface area contributed by atoms with Gasteiger partial charge < -0.3 is 15.7 Å². The van der Waals surface area contributed by atoms with E-state index < -0.39 is 5.60 Å². The molecule has 29 heavy (non-hydrogen) atoms. The predicted molar refractivity (Wildman–Crippen MR) is 130 cm³/mol. The average molecular weight is 507 g/mol. The summed E-state index contributed by atoms with van der Waals surface area (Å²) < 4.78 is 1.68. The molecule has 0 aliphatic heterocycles. The van der Waals surface area contributed by atoms with Crippen LogP contribution in [0.15, 0.2) is 59.9 Å². The molecule has 7 heteroatoms. The molecular weight excluding hydrogens is 477 g/mol. The minimum Gasteiger partial charge on any atom is -0.383 e. The number of hydrogen-bond donors (Lipinski definition) is 3. The molecule has 3 aromatic rings. The maximum atomic E-state index is 10.7. The highest BCUT2D eigenvalue weighted by Gasteiger charge is 2.24. The fraction of sp³-hybridized carbons (Fsp3) is 0.364. The van der Waals surface area contributed by atoms with Crippen molar-refractivity contribution in [2.24, 2.45) is 12.0 Å². The summed E-state index contributed by atoms with van der Waals surface area (Å²) in [6.45, 7) is 5.56. The van der Waals surface area contributed by atoms with Gasteiger partial charge in [0.15, 0.2) is 5.96 Å². The molecule has 3 N–H and O–H groups in total. The highest BCUT2D eigenvalue weighted by molar-refractivity contribution is 14.0. The fourth-order valence-corrected chi connectivity index (χ4v) is 3.19. The molecule has 6 nitrogen and oxygen atoms in total. The number of halogens is 1. The van der Waals surface area contributed by atoms with Crippen LogP contribution >= 0.6 is 24.0 Å². The molecule has 1 heterocycles. The van der Waals surface area contributed by atoms with Crippen LogP contribution in [0.1, 0.15) is 25.0 Å². The lowest BCUT2D eigenvalue weighted by molar-refractivity contribution is 0.0672. The van der Waals surface area contributed by atoms with E-state index in [0.29, 0.717) is 5.96 Å². The topological polar surface area (TPSA) is 74.5 Å². The van der Waals surface area contributed by atoms with Crippen LogP contribution in [0.3, 0.4) is 0 Å². The van der Waals surface area contributed by atoms with Gasteiger partial charge in [-0.2, -0.15) is 5.10 Å². The van der Waals surface area contributed by atoms with Gasteiger partial charge in [0.25, 0.3) is 0 Å². The van der Waals surface area contributed by atoms with E-state index >= 15 is 0 Å². The van der Waals surface area contributed by atoms with E-state index in [9.17, 15) is 5.11 Å². The van der Waals surface area contributed by atoms with Crippen LogP contribution in [0.2, 0.25) is 0 Å². The number of fused-ring (bicyclic) bond motifs is 1. The first-order chi connectivity index (χ1) is 13.5. The number of rotatable bonds is 7. The molecule has 3 rings (SSSR count). The van der Waals surface area contributed by atoms with E-state index in [1.54, 1.807) is 17.8 Å². The monoisotopic (exact) mass is 507 g/mol. The molecule has 0 aliphatic carbocycles. The zero-order valence-corrected chi connectivity index (χ0v) is 19.6. The van der Waals surface area contributed by atoms with Gasteiger partial charge in [0, 0.05) is 31.9 Å². The lowest BCUT2D eigenvalue weighted by Gasteiger charge is -2.20. The first-order valence-corrected chi connectivity index (χ1v) is 9.70. The molecule has 0 amide bonds. The molecule has 1 atom stereocenters. The van der Waals surface area contributed by atoms with Crippen molar-refractivity contribution in [1.29, 1.82) is 0 Å². The van der Waals surface area contributed by atoms with Gasteiger partial charge in [-0.15, -0.1) is 24.0 Å². The number of guanidine groups is 1. The van der Waals surface area contributed by atoms with E-state index in [4.69, 9.17) is 0 Å². The summed E-state index contributed by atoms with van der Waals surface area (Å²) >= 11 is 0. The Kier molecular flexibility index (Phi) is 8.45. The van der Waals surface area contributed by atoms with Crippen LogP contribution in [-0.4, -0.2) is 40.5 Å². The van der Waals surface area contributed by atoms with Crippen LogP contribution in [0, 0.1) is 0 Å². The Bertz CT molecular complexity index is 946. The van der Waals surface area contributed by atoms with Gasteiger partial charge >= 0.3 is 0 Å². The van der Waals surface area contributed by atoms with Crippen LogP contribution in [0.5, 0.6) is 0 Å². The van der Waals surface area contributed by atoms with Crippen molar-refractivity contribution in [1.82, 2.24) is 20.4 Å². The molecule has 0 aliphatic rings. The van der Waals surface area contributed by atoms with Gasteiger partial charge in [-0.3, -0.25) is 4.68 Å². The number of nitrogens with one attached hydrogen (secondary N) is 2. The van der Waals surface area contributed by atoms with E-state index in [1.165, 1.54) is 16.3 Å². The summed E-state index contributed by atoms with van der Waals surface area (Å²) in [5.41, 5.74) is 1.00. The number of aromatic nitrogens is 2. The van der Waals surface area contributed by atoms with Gasteiger partial charge in [-0.05, 0) is 36.6 Å². The Hall–Kier alpha value is -2.13. The molecule has 1 aromatic heterocycles. The predicted octanol–water partition coefficient (Wildman–Crippen LogP) is 3.20. The van der Waals surface area contributed by atoms with Crippen molar-refractivity contribution in [3.8, 4) is 0 Å². The zero-order chi connectivity index (χ0) is 20.0. The molecule has 1 unspecified atom stereocenters. The minimum atomic E-state index is -1.06. The molecule has 2 aromatic carbocycles. The number of benzene rings is 2. The Labute approximate surface area is 189 Å². The highest BCUT2D eigenvalue weighted by atomic mass is 127. The minimum absolute atomic E-state index is 0. The third-order valence-electron chi connectivity index (χ3n) is 4.78. The Balaban J connectivity index is 0.00000300. The third-order valence-corrected chi connectivity index (χ3v) is 4.78. The summed E-state index contributed by atoms with van der Waals surface area (Å²) in [6, 6.07) is 14.8. The van der Waals surface area contributed by atoms with Gasteiger partial charge in [0.05, 0.1) is 12.7 Å². The first-order valence-electron chi connectivity index (χ1n) is 9.70. The number of aliphatic imine (C=N–C) groups is 1. The number of aryl methyl sites for hydroxylation is 1. The van der Waals surface area contributed by atoms with E-state index in [1.807, 2.05) is 20.2 Å². The molecule has 0 radical (unpaired) electrons. The Morgan fingerprint density at radius 2 is 1.93 bits per heavy atom. The van der Waals surface area contributed by atoms with E-state index in [2.05, 4.69) is 63.2 Å². The molecule has 0 saturated carbocycles. The normalized spacial score (nSPS) is 13.6. The second kappa shape index (κ2) is 10.6. The highest BCUT2D eigenvalue weighted by Crippen LogP contribution is 2.20. The zero-order valence-electron chi connectivity index (χ0n) is 17.2. The van der Waals surface area contributed by atoms with Gasteiger partial charge in [0.2, 0.25) is 0 Å². The summed E-state index contributed by atoms with van der Waals surface area (Å²) in [5.74, 6) is 0.701. The number of hydrogen-bond acceptors (Lipinski definition) is 3. The quantitative estimate of drug-likeness (QED) is 0.261. The van der Waals surface area contributed by atoms with Gasteiger partial charge in [0.1, 0.15) is 5.60 Å². The second-order valence-electron chi connectivity index (χ2n) is 7.19. The van der Waals surface area contributed by atoms with Gasteiger partial charge in [-0.1, -0.05) is 42.5 Å². The fourth-order valence-electron chi connectivity index (χ4n) is 3.19. The summed E-state index contributed by atoms with van der Waals surface area (Å²) in [4.78, 5) is 4.57. The van der Waals surface area contributed by atoms with E-state index in [0.717, 1.165) is 25.1 Å². The van der Waals surface area contributed by atoms with Crippen molar-refractivity contribution in [2.75, 3.05) is 19.6 Å². The van der Waals surface area contributed by atoms with Crippen molar-refractivity contribution < 1.29 is 5.11 Å². The average Bonchev–Trinajstić information content (AvgIpc) is 3.14. The SMILES string of the molecule is CCNC(=NCC(C)(O)c1cnn(C)c1)NCCc1cccc2ccccc12.I. The van der Waals surface area contributed by atoms with Crippen molar-refractivity contribution in [3.05, 3.63) is 66.0 Å². The maximum Gasteiger partial charge on any atom is 0.191 e. The van der Waals surface area contributed by atoms with Crippen LogP contribution < -0.4 is 10.6 Å². The Morgan fingerprint density at radius 1 is 1.17 bits per heavy atom. The van der Waals surface area contributed by atoms with Crippen LogP contribution in [-0.2, 0) is 19.1 Å². The number of nitrogens with zero attached hydrogens (tertiary/aromatic N) is 3. The standard InChI is InChI=1S/C22H29N5O.HI/c1-4-23-21(25-16-22(2,28)19-14-26-27(3)15-19)24-13-12-18-10-7-9-17-8-5-6-11-20(17)18;/h5-11,14-15,28H,4,12-13,16H2,1-3H3,(H2,23,24,25);1H. The summed E-state index contributed by atoms with van der Waals surface area (Å²) in [7, 11) is 1.84. The maximum absolute atomic E-state index is 10.7. The van der Waals surface area contributed by atoms with Crippen LogP contribution in [0.25, 0.3) is 10.8 Å². The molecule has 156 valence electrons. The third kappa shape index (κ3) is 6.17. The number of aliphatic hydroxyl groups is 1. The molecule has 0 saturated heterocycles.